The molecular formula is C29H35BrN2O3. The molecule has 5 nitrogen and oxygen atoms in total. The predicted molar refractivity (Wildman–Crippen MR) is 147 cm³/mol. The Kier molecular flexibility index (Phi) is 11.1. The van der Waals surface area contributed by atoms with Crippen molar-refractivity contribution in [2.75, 3.05) is 6.61 Å². The summed E-state index contributed by atoms with van der Waals surface area (Å²) >= 11 is 3.61. The normalized spacial score (nSPS) is 12.1. The van der Waals surface area contributed by atoms with Crippen LogP contribution < -0.4 is 14.9 Å². The Morgan fingerprint density at radius 1 is 0.971 bits per heavy atom. The largest absolute Gasteiger partial charge is 0.494 e. The maximum absolute atomic E-state index is 12.6. The van der Waals surface area contributed by atoms with Crippen molar-refractivity contribution in [2.45, 2.75) is 64.9 Å². The molecule has 0 saturated carbocycles. The van der Waals surface area contributed by atoms with Gasteiger partial charge < -0.3 is 9.47 Å². The minimum absolute atomic E-state index is 0.289. The second-order valence-corrected chi connectivity index (χ2v) is 9.33. The monoisotopic (exact) mass is 538 g/mol. The zero-order valence-electron chi connectivity index (χ0n) is 20.6. The molecule has 0 unspecified atom stereocenters. The average molecular weight is 540 g/mol. The molecule has 3 aromatic carbocycles. The summed E-state index contributed by atoms with van der Waals surface area (Å²) in [5.74, 6) is 1.19. The number of carbonyl (C=O) groups is 1. The van der Waals surface area contributed by atoms with E-state index < -0.39 is 6.10 Å². The number of benzene rings is 3. The first-order chi connectivity index (χ1) is 17.1. The first-order valence-corrected chi connectivity index (χ1v) is 13.3. The highest BCUT2D eigenvalue weighted by atomic mass is 79.9. The van der Waals surface area contributed by atoms with Gasteiger partial charge in [0.1, 0.15) is 11.5 Å². The number of hydrogen-bond donors (Lipinski definition) is 1. The molecule has 6 heteroatoms. The fourth-order valence-electron chi connectivity index (χ4n) is 3.75. The summed E-state index contributed by atoms with van der Waals surface area (Å²) in [6.45, 7) is 4.88. The molecule has 186 valence electrons. The van der Waals surface area contributed by atoms with Gasteiger partial charge in [-0.3, -0.25) is 4.79 Å². The Bertz CT molecular complexity index is 1100. The van der Waals surface area contributed by atoms with Crippen LogP contribution in [0.2, 0.25) is 0 Å². The number of carbonyl (C=O) groups excluding carboxylic acids is 1. The lowest BCUT2D eigenvalue weighted by molar-refractivity contribution is -0.128. The number of hydrazone groups is 1. The Morgan fingerprint density at radius 3 is 2.49 bits per heavy atom. The van der Waals surface area contributed by atoms with E-state index in [0.717, 1.165) is 39.6 Å². The van der Waals surface area contributed by atoms with Gasteiger partial charge in [0.05, 0.1) is 17.3 Å². The number of unbranched alkanes of at least 4 members (excludes halogenated alkanes) is 5. The summed E-state index contributed by atoms with van der Waals surface area (Å²) in [5, 5.41) is 6.25. The van der Waals surface area contributed by atoms with Gasteiger partial charge in [-0.15, -0.1) is 0 Å². The third kappa shape index (κ3) is 8.39. The van der Waals surface area contributed by atoms with Crippen LogP contribution in [0.5, 0.6) is 11.5 Å². The van der Waals surface area contributed by atoms with Crippen LogP contribution in [0.25, 0.3) is 10.8 Å². The summed E-state index contributed by atoms with van der Waals surface area (Å²) in [6, 6.07) is 19.6. The molecule has 1 N–H and O–H groups in total. The average Bonchev–Trinajstić information content (AvgIpc) is 2.89. The summed E-state index contributed by atoms with van der Waals surface area (Å²) in [5.41, 5.74) is 3.47. The lowest BCUT2D eigenvalue weighted by atomic mass is 10.1. The molecular weight excluding hydrogens is 504 g/mol. The van der Waals surface area contributed by atoms with Crippen LogP contribution in [0.4, 0.5) is 0 Å². The van der Waals surface area contributed by atoms with E-state index in [2.05, 4.69) is 33.4 Å². The second kappa shape index (κ2) is 14.5. The number of halogens is 1. The molecule has 0 fully saturated rings. The van der Waals surface area contributed by atoms with Crippen LogP contribution >= 0.6 is 15.9 Å². The lowest BCUT2D eigenvalue weighted by Crippen LogP contribution is -2.35. The highest BCUT2D eigenvalue weighted by molar-refractivity contribution is 9.10. The quantitative estimate of drug-likeness (QED) is 0.130. The molecule has 0 heterocycles. The minimum Gasteiger partial charge on any atom is -0.494 e. The topological polar surface area (TPSA) is 59.9 Å². The zero-order chi connectivity index (χ0) is 24.9. The van der Waals surface area contributed by atoms with Crippen molar-refractivity contribution in [2.24, 2.45) is 5.10 Å². The molecule has 3 rings (SSSR count). The van der Waals surface area contributed by atoms with E-state index in [9.17, 15) is 4.79 Å². The van der Waals surface area contributed by atoms with Crippen molar-refractivity contribution in [1.29, 1.82) is 0 Å². The number of nitrogens with one attached hydrogen (secondary N) is 1. The molecule has 35 heavy (non-hydrogen) atoms. The van der Waals surface area contributed by atoms with Crippen molar-refractivity contribution < 1.29 is 14.3 Å². The predicted octanol–water partition coefficient (Wildman–Crippen LogP) is 7.65. The van der Waals surface area contributed by atoms with Gasteiger partial charge >= 0.3 is 0 Å². The van der Waals surface area contributed by atoms with E-state index >= 15 is 0 Å². The number of amides is 1. The first-order valence-electron chi connectivity index (χ1n) is 12.5. The molecule has 0 aliphatic rings. The van der Waals surface area contributed by atoms with Gasteiger partial charge in [-0.1, -0.05) is 76.3 Å². The fraction of sp³-hybridized carbons (Fsp3) is 0.379. The molecule has 1 amide bonds. The van der Waals surface area contributed by atoms with E-state index in [4.69, 9.17) is 9.47 Å². The highest BCUT2D eigenvalue weighted by Crippen LogP contribution is 2.33. The summed E-state index contributed by atoms with van der Waals surface area (Å²) in [4.78, 5) is 12.6. The second-order valence-electron chi connectivity index (χ2n) is 8.53. The van der Waals surface area contributed by atoms with Crippen LogP contribution in [0.1, 0.15) is 64.4 Å². The van der Waals surface area contributed by atoms with Gasteiger partial charge in [0, 0.05) is 0 Å². The molecule has 0 aliphatic carbocycles. The van der Waals surface area contributed by atoms with Crippen LogP contribution in [0.15, 0.2) is 70.2 Å². The smallest absolute Gasteiger partial charge is 0.281 e. The van der Waals surface area contributed by atoms with Gasteiger partial charge in [-0.05, 0) is 75.4 Å². The molecule has 0 spiro atoms. The van der Waals surface area contributed by atoms with Crippen molar-refractivity contribution in [3.05, 3.63) is 70.7 Å². The third-order valence-electron chi connectivity index (χ3n) is 5.80. The van der Waals surface area contributed by atoms with Crippen molar-refractivity contribution in [1.82, 2.24) is 5.43 Å². The summed E-state index contributed by atoms with van der Waals surface area (Å²) in [6.07, 6.45) is 8.96. The van der Waals surface area contributed by atoms with Crippen molar-refractivity contribution >= 4 is 38.8 Å². The van der Waals surface area contributed by atoms with E-state index in [0.29, 0.717) is 12.2 Å². The number of fused-ring (bicyclic) bond motifs is 1. The van der Waals surface area contributed by atoms with Gasteiger partial charge in [0.25, 0.3) is 5.91 Å². The molecule has 0 bridgehead atoms. The number of hydrogen-bond acceptors (Lipinski definition) is 4. The van der Waals surface area contributed by atoms with Crippen LogP contribution in [-0.4, -0.2) is 24.8 Å². The van der Waals surface area contributed by atoms with Gasteiger partial charge in [0.15, 0.2) is 6.10 Å². The van der Waals surface area contributed by atoms with E-state index in [1.165, 1.54) is 32.1 Å². The SMILES string of the molecule is CCCCCCCCOc1ccc(C=NNC(=O)[C@@H](CC)Oc2ccc3ccccc3c2Br)cc1. The maximum Gasteiger partial charge on any atom is 0.281 e. The number of nitrogens with zero attached hydrogens (tertiary/aromatic N) is 1. The van der Waals surface area contributed by atoms with E-state index in [1.54, 1.807) is 6.21 Å². The van der Waals surface area contributed by atoms with Crippen molar-refractivity contribution in [3.8, 4) is 11.5 Å². The highest BCUT2D eigenvalue weighted by Gasteiger charge is 2.19. The Morgan fingerprint density at radius 2 is 1.71 bits per heavy atom. The Labute approximate surface area is 217 Å². The van der Waals surface area contributed by atoms with Crippen molar-refractivity contribution in [3.63, 3.8) is 0 Å². The summed E-state index contributed by atoms with van der Waals surface area (Å²) in [7, 11) is 0. The first kappa shape index (κ1) is 26.7. The molecule has 0 aliphatic heterocycles. The number of rotatable bonds is 14. The maximum atomic E-state index is 12.6. The Hall–Kier alpha value is -2.86. The lowest BCUT2D eigenvalue weighted by Gasteiger charge is -2.17. The van der Waals surface area contributed by atoms with Gasteiger partial charge in [-0.2, -0.15) is 5.10 Å². The Balaban J connectivity index is 1.46. The van der Waals surface area contributed by atoms with Gasteiger partial charge in [0.2, 0.25) is 0 Å². The van der Waals surface area contributed by atoms with Crippen LogP contribution in [0, 0.1) is 0 Å². The fourth-order valence-corrected chi connectivity index (χ4v) is 4.33. The summed E-state index contributed by atoms with van der Waals surface area (Å²) < 4.78 is 12.7. The molecule has 0 radical (unpaired) electrons. The van der Waals surface area contributed by atoms with E-state index in [1.807, 2.05) is 67.6 Å². The van der Waals surface area contributed by atoms with Gasteiger partial charge in [-0.25, -0.2) is 5.43 Å². The zero-order valence-corrected chi connectivity index (χ0v) is 22.2. The standard InChI is InChI=1S/C29H35BrN2O3/c1-3-5-6-7-8-11-20-34-24-17-14-22(15-18-24)21-31-32-29(33)26(4-2)35-27-19-16-23-12-9-10-13-25(23)28(27)30/h9-10,12-19,21,26H,3-8,11,20H2,1-2H3,(H,32,33)/t26-/m1/s1. The van der Waals surface area contributed by atoms with Crippen LogP contribution in [-0.2, 0) is 4.79 Å². The molecule has 1 atom stereocenters. The third-order valence-corrected chi connectivity index (χ3v) is 6.61. The number of ether oxygens (including phenoxy) is 2. The minimum atomic E-state index is -0.651. The molecule has 0 aromatic heterocycles. The molecule has 3 aromatic rings. The van der Waals surface area contributed by atoms with Crippen LogP contribution in [0.3, 0.4) is 0 Å². The molecule has 0 saturated heterocycles. The van der Waals surface area contributed by atoms with E-state index in [-0.39, 0.29) is 5.91 Å².